The summed E-state index contributed by atoms with van der Waals surface area (Å²) in [4.78, 5) is 32.5. The Bertz CT molecular complexity index is 1020. The van der Waals surface area contributed by atoms with E-state index in [1.165, 1.54) is 6.92 Å². The van der Waals surface area contributed by atoms with E-state index >= 15 is 0 Å². The van der Waals surface area contributed by atoms with Crippen LogP contribution < -0.4 is 15.4 Å². The van der Waals surface area contributed by atoms with E-state index in [1.807, 2.05) is 0 Å². The van der Waals surface area contributed by atoms with Crippen molar-refractivity contribution in [2.24, 2.45) is 0 Å². The molecule has 0 atom stereocenters. The Hall–Kier alpha value is -3.74. The van der Waals surface area contributed by atoms with Gasteiger partial charge in [-0.3, -0.25) is 9.59 Å². The summed E-state index contributed by atoms with van der Waals surface area (Å²) < 4.78 is 5.16. The van der Waals surface area contributed by atoms with Gasteiger partial charge < -0.3 is 15.4 Å². The first-order valence-corrected chi connectivity index (χ1v) is 8.64. The number of rotatable bonds is 6. The van der Waals surface area contributed by atoms with Crippen molar-refractivity contribution < 1.29 is 14.3 Å². The Balaban J connectivity index is 1.78. The lowest BCUT2D eigenvalue weighted by atomic mass is 10.1. The van der Waals surface area contributed by atoms with Crippen molar-refractivity contribution in [3.63, 3.8) is 0 Å². The highest BCUT2D eigenvalue weighted by atomic mass is 16.5. The molecule has 142 valence electrons. The van der Waals surface area contributed by atoms with Crippen molar-refractivity contribution in [1.82, 2.24) is 9.97 Å². The molecular formula is C21H20N4O3. The summed E-state index contributed by atoms with van der Waals surface area (Å²) in [5.74, 6) is 1.24. The van der Waals surface area contributed by atoms with Gasteiger partial charge in [0.15, 0.2) is 5.78 Å². The molecule has 3 rings (SSSR count). The summed E-state index contributed by atoms with van der Waals surface area (Å²) in [7, 11) is 1.57. The van der Waals surface area contributed by atoms with Crippen LogP contribution in [0.25, 0.3) is 0 Å². The molecule has 0 bridgehead atoms. The first-order chi connectivity index (χ1) is 13.4. The summed E-state index contributed by atoms with van der Waals surface area (Å²) in [6, 6.07) is 15.7. The number of nitrogens with zero attached hydrogens (tertiary/aromatic N) is 2. The Labute approximate surface area is 162 Å². The van der Waals surface area contributed by atoms with Crippen LogP contribution in [-0.4, -0.2) is 28.8 Å². The van der Waals surface area contributed by atoms with Crippen molar-refractivity contribution in [2.75, 3.05) is 17.7 Å². The molecule has 0 aliphatic carbocycles. The molecule has 0 saturated carbocycles. The molecule has 3 aromatic rings. The molecule has 2 aromatic carbocycles. The van der Waals surface area contributed by atoms with Gasteiger partial charge in [0.1, 0.15) is 23.1 Å². The van der Waals surface area contributed by atoms with E-state index < -0.39 is 0 Å². The molecular weight excluding hydrogens is 356 g/mol. The average Bonchev–Trinajstić information content (AvgIpc) is 2.68. The molecule has 1 heterocycles. The summed E-state index contributed by atoms with van der Waals surface area (Å²) in [5.41, 5.74) is 2.22. The van der Waals surface area contributed by atoms with Gasteiger partial charge >= 0.3 is 0 Å². The number of aryl methyl sites for hydroxylation is 1. The number of hydrogen-bond acceptors (Lipinski definition) is 6. The second-order valence-electron chi connectivity index (χ2n) is 6.13. The number of anilines is 3. The van der Waals surface area contributed by atoms with Crippen LogP contribution in [0.4, 0.5) is 17.2 Å². The van der Waals surface area contributed by atoms with Crippen molar-refractivity contribution in [1.29, 1.82) is 0 Å². The largest absolute Gasteiger partial charge is 0.497 e. The highest BCUT2D eigenvalue weighted by Crippen LogP contribution is 2.19. The molecule has 2 N–H and O–H groups in total. The van der Waals surface area contributed by atoms with Gasteiger partial charge in [-0.05, 0) is 50.2 Å². The van der Waals surface area contributed by atoms with Gasteiger partial charge in [0, 0.05) is 29.1 Å². The van der Waals surface area contributed by atoms with Gasteiger partial charge in [-0.15, -0.1) is 0 Å². The lowest BCUT2D eigenvalue weighted by molar-refractivity contribution is 0.101. The molecule has 1 amide bonds. The predicted molar refractivity (Wildman–Crippen MR) is 107 cm³/mol. The van der Waals surface area contributed by atoms with E-state index in [-0.39, 0.29) is 17.4 Å². The van der Waals surface area contributed by atoms with E-state index in [2.05, 4.69) is 20.6 Å². The number of carbonyl (C=O) groups excluding carboxylic acids is 2. The molecule has 7 nitrogen and oxygen atoms in total. The minimum absolute atomic E-state index is 0.000861. The Morgan fingerprint density at radius 1 is 0.964 bits per heavy atom. The van der Waals surface area contributed by atoms with Crippen LogP contribution in [0.1, 0.15) is 33.6 Å². The second-order valence-corrected chi connectivity index (χ2v) is 6.13. The number of nitrogens with one attached hydrogen (secondary N) is 2. The van der Waals surface area contributed by atoms with Gasteiger partial charge in [-0.1, -0.05) is 6.07 Å². The minimum atomic E-state index is -0.353. The quantitative estimate of drug-likeness (QED) is 0.632. The van der Waals surface area contributed by atoms with Crippen LogP contribution in [0, 0.1) is 6.92 Å². The third-order valence-corrected chi connectivity index (χ3v) is 3.96. The van der Waals surface area contributed by atoms with Crippen molar-refractivity contribution in [3.8, 4) is 5.75 Å². The van der Waals surface area contributed by atoms with Crippen molar-refractivity contribution in [2.45, 2.75) is 13.8 Å². The molecule has 1 aromatic heterocycles. The highest BCUT2D eigenvalue weighted by molar-refractivity contribution is 6.03. The molecule has 0 fully saturated rings. The average molecular weight is 376 g/mol. The summed E-state index contributed by atoms with van der Waals surface area (Å²) in [6.07, 6.45) is 0. The second kappa shape index (κ2) is 8.30. The lowest BCUT2D eigenvalue weighted by Gasteiger charge is -2.10. The molecule has 0 aliphatic heterocycles. The van der Waals surface area contributed by atoms with Crippen LogP contribution in [0.5, 0.6) is 5.75 Å². The number of aromatic nitrogens is 2. The molecule has 0 unspecified atom stereocenters. The SMILES string of the molecule is COc1cccc(NC(=O)c2cc(Nc3ccc(C(C)=O)cc3)nc(C)n2)c1. The van der Waals surface area contributed by atoms with Crippen LogP contribution in [0.15, 0.2) is 54.6 Å². The van der Waals surface area contributed by atoms with Crippen LogP contribution in [0.2, 0.25) is 0 Å². The monoisotopic (exact) mass is 376 g/mol. The molecule has 0 radical (unpaired) electrons. The van der Waals surface area contributed by atoms with Gasteiger partial charge in [0.25, 0.3) is 5.91 Å². The zero-order valence-electron chi connectivity index (χ0n) is 15.8. The van der Waals surface area contributed by atoms with Gasteiger partial charge in [0.2, 0.25) is 0 Å². The normalized spacial score (nSPS) is 10.2. The maximum Gasteiger partial charge on any atom is 0.274 e. The minimum Gasteiger partial charge on any atom is -0.497 e. The summed E-state index contributed by atoms with van der Waals surface area (Å²) >= 11 is 0. The van der Waals surface area contributed by atoms with Crippen LogP contribution in [0.3, 0.4) is 0 Å². The first kappa shape index (κ1) is 19.0. The molecule has 28 heavy (non-hydrogen) atoms. The predicted octanol–water partition coefficient (Wildman–Crippen LogP) is 3.99. The van der Waals surface area contributed by atoms with Crippen molar-refractivity contribution in [3.05, 3.63) is 71.7 Å². The van der Waals surface area contributed by atoms with Crippen LogP contribution >= 0.6 is 0 Å². The summed E-state index contributed by atoms with van der Waals surface area (Å²) in [6.45, 7) is 3.23. The third-order valence-electron chi connectivity index (χ3n) is 3.96. The topological polar surface area (TPSA) is 93.2 Å². The number of Topliss-reactive ketones (excluding diaryl/α,β-unsaturated/α-hetero) is 1. The Morgan fingerprint density at radius 2 is 1.71 bits per heavy atom. The Morgan fingerprint density at radius 3 is 2.39 bits per heavy atom. The third kappa shape index (κ3) is 4.70. The maximum atomic E-state index is 12.6. The van der Waals surface area contributed by atoms with E-state index in [0.717, 1.165) is 5.69 Å². The van der Waals surface area contributed by atoms with Gasteiger partial charge in [-0.25, -0.2) is 9.97 Å². The van der Waals surface area contributed by atoms with E-state index in [0.29, 0.717) is 28.6 Å². The van der Waals surface area contributed by atoms with Gasteiger partial charge in [-0.2, -0.15) is 0 Å². The number of methoxy groups -OCH3 is 1. The fraction of sp³-hybridized carbons (Fsp3) is 0.143. The maximum absolute atomic E-state index is 12.6. The zero-order chi connectivity index (χ0) is 20.1. The number of carbonyl (C=O) groups is 2. The fourth-order valence-corrected chi connectivity index (χ4v) is 2.58. The molecule has 0 saturated heterocycles. The van der Waals surface area contributed by atoms with E-state index in [1.54, 1.807) is 68.6 Å². The van der Waals surface area contributed by atoms with E-state index in [9.17, 15) is 9.59 Å². The van der Waals surface area contributed by atoms with Gasteiger partial charge in [0.05, 0.1) is 7.11 Å². The Kier molecular flexibility index (Phi) is 5.64. The first-order valence-electron chi connectivity index (χ1n) is 8.64. The standard InChI is InChI=1S/C21H20N4O3/c1-13(26)15-7-9-16(10-8-15)24-20-12-19(22-14(2)23-20)21(27)25-17-5-4-6-18(11-17)28-3/h4-12H,1-3H3,(H,25,27)(H,22,23,24). The highest BCUT2D eigenvalue weighted by Gasteiger charge is 2.12. The molecule has 0 spiro atoms. The zero-order valence-corrected chi connectivity index (χ0v) is 15.8. The lowest BCUT2D eigenvalue weighted by Crippen LogP contribution is -2.15. The summed E-state index contributed by atoms with van der Waals surface area (Å²) in [5, 5.41) is 5.92. The number of hydrogen-bond donors (Lipinski definition) is 2. The fourth-order valence-electron chi connectivity index (χ4n) is 2.58. The van der Waals surface area contributed by atoms with Crippen molar-refractivity contribution >= 4 is 28.9 Å². The number of amides is 1. The number of benzene rings is 2. The van der Waals surface area contributed by atoms with E-state index in [4.69, 9.17) is 4.74 Å². The van der Waals surface area contributed by atoms with Crippen LogP contribution in [-0.2, 0) is 0 Å². The number of ketones is 1. The number of ether oxygens (including phenoxy) is 1. The molecule has 0 aliphatic rings. The smallest absolute Gasteiger partial charge is 0.274 e. The molecule has 7 heteroatoms.